The first-order valence-electron chi connectivity index (χ1n) is 5.94. The van der Waals surface area contributed by atoms with Crippen molar-refractivity contribution >= 4 is 11.9 Å². The van der Waals surface area contributed by atoms with Crippen LogP contribution in [0.5, 0.6) is 0 Å². The Hall–Kier alpha value is -1.22. The van der Waals surface area contributed by atoms with Crippen molar-refractivity contribution in [3.63, 3.8) is 0 Å². The zero-order chi connectivity index (χ0) is 13.4. The Labute approximate surface area is 106 Å². The molecule has 1 fully saturated rings. The minimum Gasteiger partial charge on any atom is -0.480 e. The van der Waals surface area contributed by atoms with Gasteiger partial charge in [0.05, 0.1) is 0 Å². The molecule has 0 atom stereocenters. The van der Waals surface area contributed by atoms with Crippen LogP contribution in [0.4, 0.5) is 0 Å². The number of nitrogens with one attached hydrogen (secondary N) is 2. The Morgan fingerprint density at radius 2 is 1.22 bits per heavy atom. The molecule has 18 heavy (non-hydrogen) atoms. The summed E-state index contributed by atoms with van der Waals surface area (Å²) in [6.07, 6.45) is 0. The van der Waals surface area contributed by atoms with E-state index in [0.29, 0.717) is 26.2 Å². The van der Waals surface area contributed by atoms with Crippen molar-refractivity contribution in [3.05, 3.63) is 0 Å². The van der Waals surface area contributed by atoms with E-state index in [9.17, 15) is 9.59 Å². The molecule has 0 aromatic rings. The van der Waals surface area contributed by atoms with Gasteiger partial charge in [-0.05, 0) is 0 Å². The molecule has 1 aliphatic heterocycles. The second-order valence-electron chi connectivity index (χ2n) is 4.06. The van der Waals surface area contributed by atoms with Crippen LogP contribution in [-0.2, 0) is 9.59 Å². The zero-order valence-electron chi connectivity index (χ0n) is 10.3. The number of carboxylic acids is 2. The average molecular weight is 260 g/mol. The predicted octanol–water partition coefficient (Wildman–Crippen LogP) is -2.13. The van der Waals surface area contributed by atoms with Crippen molar-refractivity contribution in [2.45, 2.75) is 0 Å². The van der Waals surface area contributed by atoms with Crippen molar-refractivity contribution in [3.8, 4) is 0 Å². The summed E-state index contributed by atoms with van der Waals surface area (Å²) in [5.41, 5.74) is 0. The summed E-state index contributed by atoms with van der Waals surface area (Å²) in [5, 5.41) is 27.2. The number of carbonyl (C=O) groups is 2. The molecule has 4 N–H and O–H groups in total. The largest absolute Gasteiger partial charge is 0.480 e. The van der Waals surface area contributed by atoms with Crippen LogP contribution in [0, 0.1) is 0 Å². The van der Waals surface area contributed by atoms with Crippen LogP contribution >= 0.6 is 0 Å². The smallest absolute Gasteiger partial charge is 0.319 e. The Kier molecular flexibility index (Phi) is 6.58. The Balaban J connectivity index is 2.64. The Bertz CT molecular complexity index is 259. The lowest BCUT2D eigenvalue weighted by Gasteiger charge is -2.33. The summed E-state index contributed by atoms with van der Waals surface area (Å²) in [4.78, 5) is 21.6. The highest BCUT2D eigenvalue weighted by atomic mass is 16.4. The predicted molar refractivity (Wildman–Crippen MR) is 64.2 cm³/mol. The number of rotatable bonds is 4. The van der Waals surface area contributed by atoms with Crippen molar-refractivity contribution in [1.29, 1.82) is 0 Å². The van der Waals surface area contributed by atoms with Crippen molar-refractivity contribution < 1.29 is 19.8 Å². The number of hydrogen-bond donors (Lipinski definition) is 4. The molecule has 0 spiro atoms. The molecule has 0 saturated carbocycles. The molecule has 104 valence electrons. The molecular weight excluding hydrogens is 240 g/mol. The van der Waals surface area contributed by atoms with Crippen LogP contribution in [0.15, 0.2) is 0 Å². The highest BCUT2D eigenvalue weighted by Gasteiger charge is 2.20. The standard InChI is InChI=1S/C10H20N4O4/c15-9(16)7-13-5-3-11-1-2-12-4-6-14(13)8-10(17)18/h11-12H,1-8H2,(H,15,16)(H,17,18). The van der Waals surface area contributed by atoms with Gasteiger partial charge in [0.25, 0.3) is 0 Å². The number of hydrogen-bond acceptors (Lipinski definition) is 6. The molecule has 1 heterocycles. The molecule has 8 heteroatoms. The summed E-state index contributed by atoms with van der Waals surface area (Å²) in [7, 11) is 0. The van der Waals surface area contributed by atoms with Gasteiger partial charge < -0.3 is 20.8 Å². The van der Waals surface area contributed by atoms with Crippen molar-refractivity contribution in [2.75, 3.05) is 52.4 Å². The van der Waals surface area contributed by atoms with Gasteiger partial charge >= 0.3 is 11.9 Å². The first kappa shape index (κ1) is 14.8. The number of aliphatic carboxylic acids is 2. The van der Waals surface area contributed by atoms with Gasteiger partial charge in [0.1, 0.15) is 13.1 Å². The van der Waals surface area contributed by atoms with E-state index in [2.05, 4.69) is 10.6 Å². The summed E-state index contributed by atoms with van der Waals surface area (Å²) in [6.45, 7) is 3.50. The maximum absolute atomic E-state index is 10.8. The Morgan fingerprint density at radius 1 is 0.833 bits per heavy atom. The molecule has 1 aliphatic rings. The first-order valence-corrected chi connectivity index (χ1v) is 5.94. The molecule has 8 nitrogen and oxygen atoms in total. The lowest BCUT2D eigenvalue weighted by atomic mass is 10.4. The van der Waals surface area contributed by atoms with E-state index >= 15 is 0 Å². The van der Waals surface area contributed by atoms with Gasteiger partial charge in [-0.3, -0.25) is 9.59 Å². The van der Waals surface area contributed by atoms with E-state index in [1.54, 1.807) is 10.0 Å². The maximum atomic E-state index is 10.8. The van der Waals surface area contributed by atoms with Gasteiger partial charge in [-0.15, -0.1) is 0 Å². The monoisotopic (exact) mass is 260 g/mol. The van der Waals surface area contributed by atoms with Gasteiger partial charge in [0.15, 0.2) is 0 Å². The summed E-state index contributed by atoms with van der Waals surface area (Å²) in [5.74, 6) is -1.93. The van der Waals surface area contributed by atoms with Gasteiger partial charge in [0, 0.05) is 39.3 Å². The fourth-order valence-electron chi connectivity index (χ4n) is 1.80. The first-order chi connectivity index (χ1) is 8.59. The van der Waals surface area contributed by atoms with Crippen LogP contribution in [0.25, 0.3) is 0 Å². The normalized spacial score (nSPS) is 20.4. The minimum absolute atomic E-state index is 0.186. The molecule has 0 aliphatic carbocycles. The van der Waals surface area contributed by atoms with Crippen LogP contribution in [-0.4, -0.2) is 84.5 Å². The molecule has 0 amide bonds. The maximum Gasteiger partial charge on any atom is 0.319 e. The summed E-state index contributed by atoms with van der Waals surface area (Å²) in [6, 6.07) is 0. The molecule has 0 aromatic heterocycles. The minimum atomic E-state index is -0.963. The number of hydrazine groups is 1. The molecule has 0 unspecified atom stereocenters. The fraction of sp³-hybridized carbons (Fsp3) is 0.800. The average Bonchev–Trinajstić information content (AvgIpc) is 2.28. The molecule has 0 radical (unpaired) electrons. The quantitative estimate of drug-likeness (QED) is 0.454. The number of nitrogens with zero attached hydrogens (tertiary/aromatic N) is 2. The summed E-state index contributed by atoms with van der Waals surface area (Å²) < 4.78 is 0. The van der Waals surface area contributed by atoms with E-state index in [-0.39, 0.29) is 13.1 Å². The highest BCUT2D eigenvalue weighted by molar-refractivity contribution is 5.70. The highest BCUT2D eigenvalue weighted by Crippen LogP contribution is 1.98. The van der Waals surface area contributed by atoms with E-state index in [0.717, 1.165) is 13.1 Å². The van der Waals surface area contributed by atoms with Crippen LogP contribution in [0.3, 0.4) is 0 Å². The van der Waals surface area contributed by atoms with Gasteiger partial charge in [-0.2, -0.15) is 0 Å². The van der Waals surface area contributed by atoms with Crippen LogP contribution < -0.4 is 10.6 Å². The molecule has 1 rings (SSSR count). The molecular formula is C10H20N4O4. The van der Waals surface area contributed by atoms with E-state index in [1.807, 2.05) is 0 Å². The van der Waals surface area contributed by atoms with E-state index < -0.39 is 11.9 Å². The number of carboxylic acid groups (broad SMARTS) is 2. The molecule has 0 bridgehead atoms. The third-order valence-electron chi connectivity index (χ3n) is 2.61. The topological polar surface area (TPSA) is 105 Å². The molecule has 1 saturated heterocycles. The molecule has 0 aromatic carbocycles. The zero-order valence-corrected chi connectivity index (χ0v) is 10.3. The lowest BCUT2D eigenvalue weighted by molar-refractivity contribution is -0.152. The fourth-order valence-corrected chi connectivity index (χ4v) is 1.80. The van der Waals surface area contributed by atoms with Crippen molar-refractivity contribution in [1.82, 2.24) is 20.7 Å². The lowest BCUT2D eigenvalue weighted by Crippen LogP contribution is -2.53. The van der Waals surface area contributed by atoms with E-state index in [4.69, 9.17) is 10.2 Å². The van der Waals surface area contributed by atoms with Gasteiger partial charge in [0.2, 0.25) is 0 Å². The Morgan fingerprint density at radius 3 is 1.56 bits per heavy atom. The van der Waals surface area contributed by atoms with Crippen LogP contribution in [0.2, 0.25) is 0 Å². The van der Waals surface area contributed by atoms with Gasteiger partial charge in [-0.25, -0.2) is 10.0 Å². The van der Waals surface area contributed by atoms with Gasteiger partial charge in [-0.1, -0.05) is 0 Å². The third kappa shape index (κ3) is 5.92. The second-order valence-corrected chi connectivity index (χ2v) is 4.06. The van der Waals surface area contributed by atoms with Crippen LogP contribution in [0.1, 0.15) is 0 Å². The second kappa shape index (κ2) is 7.98. The SMILES string of the molecule is O=C(O)CN1CCNCCNCCN1CC(=O)O. The van der Waals surface area contributed by atoms with Crippen molar-refractivity contribution in [2.24, 2.45) is 0 Å². The summed E-state index contributed by atoms with van der Waals surface area (Å²) >= 11 is 0. The third-order valence-corrected chi connectivity index (χ3v) is 2.61. The van der Waals surface area contributed by atoms with E-state index in [1.165, 1.54) is 0 Å².